The summed E-state index contributed by atoms with van der Waals surface area (Å²) in [4.78, 5) is 13.8. The summed E-state index contributed by atoms with van der Waals surface area (Å²) in [5.41, 5.74) is 0.509. The van der Waals surface area contributed by atoms with Crippen molar-refractivity contribution in [3.63, 3.8) is 0 Å². The molecule has 0 saturated heterocycles. The number of para-hydroxylation sites is 1. The second-order valence-corrected chi connectivity index (χ2v) is 3.69. The molecule has 1 amide bonds. The molecule has 0 aliphatic heterocycles. The van der Waals surface area contributed by atoms with Crippen molar-refractivity contribution in [3.8, 4) is 5.75 Å². The van der Waals surface area contributed by atoms with Crippen LogP contribution in [0.15, 0.2) is 36.9 Å². The van der Waals surface area contributed by atoms with E-state index in [0.29, 0.717) is 24.5 Å². The Hall–Kier alpha value is -1.81. The van der Waals surface area contributed by atoms with Gasteiger partial charge in [0.1, 0.15) is 5.75 Å². The van der Waals surface area contributed by atoms with Crippen LogP contribution in [-0.4, -0.2) is 42.2 Å². The zero-order valence-electron chi connectivity index (χ0n) is 10.6. The number of aliphatic hydroxyl groups is 1. The highest BCUT2D eigenvalue weighted by Gasteiger charge is 2.17. The van der Waals surface area contributed by atoms with Crippen molar-refractivity contribution in [1.82, 2.24) is 4.90 Å². The minimum Gasteiger partial charge on any atom is -0.493 e. The van der Waals surface area contributed by atoms with E-state index in [-0.39, 0.29) is 19.1 Å². The molecule has 1 aromatic carbocycles. The lowest BCUT2D eigenvalue weighted by molar-refractivity contribution is 0.0738. The summed E-state index contributed by atoms with van der Waals surface area (Å²) in [6, 6.07) is 7.11. The number of rotatable bonds is 7. The molecule has 0 fully saturated rings. The van der Waals surface area contributed by atoms with Crippen molar-refractivity contribution in [2.75, 3.05) is 26.3 Å². The summed E-state index contributed by atoms with van der Waals surface area (Å²) in [7, 11) is 0. The first kappa shape index (κ1) is 14.3. The molecule has 1 aromatic rings. The fraction of sp³-hybridized carbons (Fsp3) is 0.357. The molecular weight excluding hydrogens is 230 g/mol. The SMILES string of the molecule is C=CCN(CCO)C(=O)c1ccccc1OCC. The van der Waals surface area contributed by atoms with Gasteiger partial charge in [-0.3, -0.25) is 4.79 Å². The molecule has 0 heterocycles. The monoisotopic (exact) mass is 249 g/mol. The molecule has 4 nitrogen and oxygen atoms in total. The van der Waals surface area contributed by atoms with E-state index in [2.05, 4.69) is 6.58 Å². The van der Waals surface area contributed by atoms with Gasteiger partial charge < -0.3 is 14.7 Å². The maximum absolute atomic E-state index is 12.3. The van der Waals surface area contributed by atoms with Crippen molar-refractivity contribution in [2.24, 2.45) is 0 Å². The number of amides is 1. The topological polar surface area (TPSA) is 49.8 Å². The van der Waals surface area contributed by atoms with Crippen molar-refractivity contribution in [1.29, 1.82) is 0 Å². The Bertz CT molecular complexity index is 404. The summed E-state index contributed by atoms with van der Waals surface area (Å²) in [6.07, 6.45) is 1.64. The van der Waals surface area contributed by atoms with Crippen molar-refractivity contribution in [2.45, 2.75) is 6.92 Å². The third-order valence-corrected chi connectivity index (χ3v) is 2.42. The van der Waals surface area contributed by atoms with E-state index < -0.39 is 0 Å². The zero-order valence-corrected chi connectivity index (χ0v) is 10.6. The highest BCUT2D eigenvalue weighted by molar-refractivity contribution is 5.97. The smallest absolute Gasteiger partial charge is 0.257 e. The number of benzene rings is 1. The van der Waals surface area contributed by atoms with Crippen LogP contribution < -0.4 is 4.74 Å². The van der Waals surface area contributed by atoms with E-state index in [0.717, 1.165) is 0 Å². The van der Waals surface area contributed by atoms with Crippen molar-refractivity contribution >= 4 is 5.91 Å². The van der Waals surface area contributed by atoms with Crippen molar-refractivity contribution in [3.05, 3.63) is 42.5 Å². The van der Waals surface area contributed by atoms with Crippen LogP contribution in [-0.2, 0) is 0 Å². The van der Waals surface area contributed by atoms with Gasteiger partial charge in [0.2, 0.25) is 0 Å². The molecule has 0 spiro atoms. The summed E-state index contributed by atoms with van der Waals surface area (Å²) >= 11 is 0. The quantitative estimate of drug-likeness (QED) is 0.748. The molecule has 1 rings (SSSR count). The van der Waals surface area contributed by atoms with E-state index in [1.165, 1.54) is 4.90 Å². The van der Waals surface area contributed by atoms with Gasteiger partial charge in [0, 0.05) is 13.1 Å². The van der Waals surface area contributed by atoms with E-state index in [4.69, 9.17) is 9.84 Å². The molecule has 98 valence electrons. The van der Waals surface area contributed by atoms with Crippen LogP contribution in [0.2, 0.25) is 0 Å². The minimum absolute atomic E-state index is 0.0730. The molecule has 0 aliphatic carbocycles. The molecule has 0 atom stereocenters. The lowest BCUT2D eigenvalue weighted by atomic mass is 10.1. The van der Waals surface area contributed by atoms with Gasteiger partial charge in [-0.2, -0.15) is 0 Å². The average molecular weight is 249 g/mol. The summed E-state index contributed by atoms with van der Waals surface area (Å²) in [5.74, 6) is 0.407. The molecule has 1 N–H and O–H groups in total. The van der Waals surface area contributed by atoms with E-state index in [9.17, 15) is 4.79 Å². The highest BCUT2D eigenvalue weighted by atomic mass is 16.5. The largest absolute Gasteiger partial charge is 0.493 e. The molecule has 0 saturated carbocycles. The lowest BCUT2D eigenvalue weighted by Gasteiger charge is -2.21. The number of ether oxygens (including phenoxy) is 1. The third kappa shape index (κ3) is 3.60. The Kier molecular flexibility index (Phi) is 5.94. The van der Waals surface area contributed by atoms with E-state index in [1.54, 1.807) is 24.3 Å². The van der Waals surface area contributed by atoms with Crippen LogP contribution in [0.1, 0.15) is 17.3 Å². The van der Waals surface area contributed by atoms with Gasteiger partial charge in [-0.05, 0) is 19.1 Å². The zero-order chi connectivity index (χ0) is 13.4. The van der Waals surface area contributed by atoms with Gasteiger partial charge in [-0.1, -0.05) is 18.2 Å². The van der Waals surface area contributed by atoms with Gasteiger partial charge in [-0.25, -0.2) is 0 Å². The molecular formula is C14H19NO3. The second-order valence-electron chi connectivity index (χ2n) is 3.69. The Balaban J connectivity index is 2.96. The maximum Gasteiger partial charge on any atom is 0.257 e. The standard InChI is InChI=1S/C14H19NO3/c1-3-9-15(10-11-16)14(17)12-7-5-6-8-13(12)18-4-2/h3,5-8,16H,1,4,9-11H2,2H3. The summed E-state index contributed by atoms with van der Waals surface area (Å²) in [5, 5.41) is 8.97. The predicted octanol–water partition coefficient (Wildman–Crippen LogP) is 1.71. The van der Waals surface area contributed by atoms with Crippen LogP contribution in [0.4, 0.5) is 0 Å². The van der Waals surface area contributed by atoms with Crippen LogP contribution >= 0.6 is 0 Å². The normalized spacial score (nSPS) is 9.89. The first-order valence-electron chi connectivity index (χ1n) is 5.97. The number of carbonyl (C=O) groups excluding carboxylic acids is 1. The van der Waals surface area contributed by atoms with Crippen molar-refractivity contribution < 1.29 is 14.6 Å². The number of nitrogens with zero attached hydrogens (tertiary/aromatic N) is 1. The Morgan fingerprint density at radius 3 is 2.83 bits per heavy atom. The van der Waals surface area contributed by atoms with Gasteiger partial charge >= 0.3 is 0 Å². The average Bonchev–Trinajstić information content (AvgIpc) is 2.39. The molecule has 0 aliphatic rings. The summed E-state index contributed by atoms with van der Waals surface area (Å²) in [6.45, 7) is 6.60. The Morgan fingerprint density at radius 2 is 2.22 bits per heavy atom. The number of carbonyl (C=O) groups is 1. The number of hydrogen-bond acceptors (Lipinski definition) is 3. The van der Waals surface area contributed by atoms with E-state index >= 15 is 0 Å². The molecule has 0 bridgehead atoms. The molecule has 0 aromatic heterocycles. The molecule has 18 heavy (non-hydrogen) atoms. The highest BCUT2D eigenvalue weighted by Crippen LogP contribution is 2.19. The molecule has 0 unspecified atom stereocenters. The van der Waals surface area contributed by atoms with Crippen LogP contribution in [0.25, 0.3) is 0 Å². The number of hydrogen-bond donors (Lipinski definition) is 1. The fourth-order valence-electron chi connectivity index (χ4n) is 1.65. The second kappa shape index (κ2) is 7.50. The van der Waals surface area contributed by atoms with Crippen LogP contribution in [0.5, 0.6) is 5.75 Å². The Labute approximate surface area is 107 Å². The predicted molar refractivity (Wildman–Crippen MR) is 70.8 cm³/mol. The first-order chi connectivity index (χ1) is 8.74. The van der Waals surface area contributed by atoms with Gasteiger partial charge in [0.05, 0.1) is 18.8 Å². The lowest BCUT2D eigenvalue weighted by Crippen LogP contribution is -2.34. The first-order valence-corrected chi connectivity index (χ1v) is 5.97. The van der Waals surface area contributed by atoms with Crippen LogP contribution in [0.3, 0.4) is 0 Å². The Morgan fingerprint density at radius 1 is 1.50 bits per heavy atom. The molecule has 4 heteroatoms. The number of aliphatic hydroxyl groups excluding tert-OH is 1. The van der Waals surface area contributed by atoms with Gasteiger partial charge in [-0.15, -0.1) is 6.58 Å². The van der Waals surface area contributed by atoms with Gasteiger partial charge in [0.15, 0.2) is 0 Å². The third-order valence-electron chi connectivity index (χ3n) is 2.42. The minimum atomic E-state index is -0.159. The van der Waals surface area contributed by atoms with E-state index in [1.807, 2.05) is 13.0 Å². The fourth-order valence-corrected chi connectivity index (χ4v) is 1.65. The van der Waals surface area contributed by atoms with Gasteiger partial charge in [0.25, 0.3) is 5.91 Å². The van der Waals surface area contributed by atoms with Crippen LogP contribution in [0, 0.1) is 0 Å². The summed E-state index contributed by atoms with van der Waals surface area (Å²) < 4.78 is 5.43. The molecule has 0 radical (unpaired) electrons. The maximum atomic E-state index is 12.3.